The maximum atomic E-state index is 13.9. The third-order valence-corrected chi connectivity index (χ3v) is 3.65. The van der Waals surface area contributed by atoms with Gasteiger partial charge in [0, 0.05) is 30.6 Å². The predicted molar refractivity (Wildman–Crippen MR) is 96.4 cm³/mol. The Kier molecular flexibility index (Phi) is 5.07. The van der Waals surface area contributed by atoms with Crippen LogP contribution in [-0.2, 0) is 11.3 Å². The van der Waals surface area contributed by atoms with Crippen molar-refractivity contribution >= 4 is 23.2 Å². The summed E-state index contributed by atoms with van der Waals surface area (Å²) in [6.07, 6.45) is 3.55. The monoisotopic (exact) mass is 352 g/mol. The van der Waals surface area contributed by atoms with Crippen LogP contribution in [0.2, 0.25) is 0 Å². The topological polar surface area (TPSA) is 76.0 Å². The highest BCUT2D eigenvalue weighted by Gasteiger charge is 2.11. The molecule has 0 aliphatic heterocycles. The van der Waals surface area contributed by atoms with Gasteiger partial charge in [0.25, 0.3) is 5.91 Å². The highest BCUT2D eigenvalue weighted by Crippen LogP contribution is 2.20. The number of nitrogens with one attached hydrogen (secondary N) is 2. The van der Waals surface area contributed by atoms with Crippen molar-refractivity contribution in [2.75, 3.05) is 10.6 Å². The van der Waals surface area contributed by atoms with Gasteiger partial charge in [0.1, 0.15) is 5.82 Å². The van der Waals surface area contributed by atoms with Gasteiger partial charge < -0.3 is 10.6 Å². The number of hydrogen-bond donors (Lipinski definition) is 2. The Bertz CT molecular complexity index is 921. The summed E-state index contributed by atoms with van der Waals surface area (Å²) < 4.78 is 15.7. The summed E-state index contributed by atoms with van der Waals surface area (Å²) in [7, 11) is 0. The molecule has 0 spiro atoms. The fourth-order valence-corrected chi connectivity index (χ4v) is 2.44. The fourth-order valence-electron chi connectivity index (χ4n) is 2.44. The van der Waals surface area contributed by atoms with Crippen LogP contribution in [0.1, 0.15) is 22.8 Å². The number of rotatable bonds is 5. The first-order valence-electron chi connectivity index (χ1n) is 7.96. The van der Waals surface area contributed by atoms with Crippen LogP contribution >= 0.6 is 0 Å². The second-order valence-electron chi connectivity index (χ2n) is 5.73. The second kappa shape index (κ2) is 7.60. The van der Waals surface area contributed by atoms with E-state index >= 15 is 0 Å². The van der Waals surface area contributed by atoms with E-state index in [1.54, 1.807) is 23.0 Å². The van der Waals surface area contributed by atoms with Gasteiger partial charge in [-0.3, -0.25) is 14.3 Å². The number of carbonyl (C=O) groups is 2. The lowest BCUT2D eigenvalue weighted by Crippen LogP contribution is -2.14. The van der Waals surface area contributed by atoms with Gasteiger partial charge in [0.2, 0.25) is 5.91 Å². The Morgan fingerprint density at radius 1 is 1.12 bits per heavy atom. The molecule has 0 radical (unpaired) electrons. The lowest BCUT2D eigenvalue weighted by Gasteiger charge is -2.10. The van der Waals surface area contributed by atoms with Crippen LogP contribution in [0, 0.1) is 5.82 Å². The van der Waals surface area contributed by atoms with Gasteiger partial charge in [0.15, 0.2) is 0 Å². The minimum atomic E-state index is -0.581. The molecule has 3 aromatic rings. The van der Waals surface area contributed by atoms with E-state index in [0.29, 0.717) is 17.8 Å². The van der Waals surface area contributed by atoms with E-state index in [1.165, 1.54) is 25.1 Å². The third-order valence-electron chi connectivity index (χ3n) is 3.65. The normalized spacial score (nSPS) is 10.4. The zero-order valence-corrected chi connectivity index (χ0v) is 14.1. The van der Waals surface area contributed by atoms with Crippen LogP contribution < -0.4 is 10.6 Å². The van der Waals surface area contributed by atoms with Crippen LogP contribution in [-0.4, -0.2) is 21.6 Å². The standard InChI is InChI=1S/C19H17FN4O2/c1-13(25)22-16-7-8-17(20)18(11-16)23-19(26)15-5-3-14(4-6-15)12-24-10-2-9-21-24/h2-11H,12H2,1H3,(H,22,25)(H,23,26). The first kappa shape index (κ1) is 17.3. The number of carbonyl (C=O) groups excluding carboxylic acids is 2. The van der Waals surface area contributed by atoms with Crippen molar-refractivity contribution < 1.29 is 14.0 Å². The minimum Gasteiger partial charge on any atom is -0.326 e. The minimum absolute atomic E-state index is 0.00173. The van der Waals surface area contributed by atoms with E-state index in [0.717, 1.165) is 5.56 Å². The molecule has 7 heteroatoms. The number of amides is 2. The van der Waals surface area contributed by atoms with Gasteiger partial charge in [-0.25, -0.2) is 4.39 Å². The van der Waals surface area contributed by atoms with E-state index < -0.39 is 11.7 Å². The Hall–Kier alpha value is -3.48. The molecule has 0 aliphatic rings. The van der Waals surface area contributed by atoms with Crippen molar-refractivity contribution in [3.05, 3.63) is 77.9 Å². The molecule has 132 valence electrons. The molecule has 0 saturated carbocycles. The largest absolute Gasteiger partial charge is 0.326 e. The number of nitrogens with zero attached hydrogens (tertiary/aromatic N) is 2. The van der Waals surface area contributed by atoms with E-state index in [-0.39, 0.29) is 11.6 Å². The summed E-state index contributed by atoms with van der Waals surface area (Å²) in [5.41, 5.74) is 1.80. The van der Waals surface area contributed by atoms with Crippen molar-refractivity contribution in [1.29, 1.82) is 0 Å². The zero-order valence-electron chi connectivity index (χ0n) is 14.1. The van der Waals surface area contributed by atoms with Gasteiger partial charge >= 0.3 is 0 Å². The van der Waals surface area contributed by atoms with Gasteiger partial charge in [-0.15, -0.1) is 0 Å². The van der Waals surface area contributed by atoms with Gasteiger partial charge in [-0.05, 0) is 42.0 Å². The van der Waals surface area contributed by atoms with Crippen molar-refractivity contribution in [3.8, 4) is 0 Å². The number of aromatic nitrogens is 2. The van der Waals surface area contributed by atoms with Gasteiger partial charge in [-0.2, -0.15) is 5.10 Å². The van der Waals surface area contributed by atoms with Crippen molar-refractivity contribution in [1.82, 2.24) is 9.78 Å². The molecule has 1 heterocycles. The van der Waals surface area contributed by atoms with Crippen molar-refractivity contribution in [2.24, 2.45) is 0 Å². The zero-order chi connectivity index (χ0) is 18.5. The number of anilines is 2. The molecule has 6 nitrogen and oxygen atoms in total. The van der Waals surface area contributed by atoms with E-state index in [9.17, 15) is 14.0 Å². The predicted octanol–water partition coefficient (Wildman–Crippen LogP) is 3.28. The molecule has 0 fully saturated rings. The third kappa shape index (κ3) is 4.32. The van der Waals surface area contributed by atoms with Gasteiger partial charge in [-0.1, -0.05) is 12.1 Å². The van der Waals surface area contributed by atoms with Crippen LogP contribution in [0.5, 0.6) is 0 Å². The molecule has 0 aliphatic carbocycles. The number of halogens is 1. The molecule has 2 aromatic carbocycles. The smallest absolute Gasteiger partial charge is 0.255 e. The molecular weight excluding hydrogens is 335 g/mol. The van der Waals surface area contributed by atoms with Crippen molar-refractivity contribution in [2.45, 2.75) is 13.5 Å². The van der Waals surface area contributed by atoms with E-state index in [2.05, 4.69) is 15.7 Å². The second-order valence-corrected chi connectivity index (χ2v) is 5.73. The molecule has 2 N–H and O–H groups in total. The highest BCUT2D eigenvalue weighted by atomic mass is 19.1. The van der Waals surface area contributed by atoms with Crippen molar-refractivity contribution in [3.63, 3.8) is 0 Å². The van der Waals surface area contributed by atoms with Crippen LogP contribution in [0.15, 0.2) is 60.9 Å². The Labute approximate surface area is 149 Å². The molecule has 26 heavy (non-hydrogen) atoms. The summed E-state index contributed by atoms with van der Waals surface area (Å²) in [6, 6.07) is 12.8. The van der Waals surface area contributed by atoms with Crippen LogP contribution in [0.25, 0.3) is 0 Å². The average Bonchev–Trinajstić information content (AvgIpc) is 3.11. The molecule has 3 rings (SSSR count). The summed E-state index contributed by atoms with van der Waals surface area (Å²) in [4.78, 5) is 23.4. The summed E-state index contributed by atoms with van der Waals surface area (Å²) in [6.45, 7) is 1.95. The lowest BCUT2D eigenvalue weighted by molar-refractivity contribution is -0.114. The molecule has 0 bridgehead atoms. The maximum Gasteiger partial charge on any atom is 0.255 e. The quantitative estimate of drug-likeness (QED) is 0.740. The molecule has 0 unspecified atom stereocenters. The Morgan fingerprint density at radius 2 is 1.88 bits per heavy atom. The summed E-state index contributed by atoms with van der Waals surface area (Å²) >= 11 is 0. The van der Waals surface area contributed by atoms with E-state index in [1.807, 2.05) is 24.4 Å². The first-order chi connectivity index (χ1) is 12.5. The SMILES string of the molecule is CC(=O)Nc1ccc(F)c(NC(=O)c2ccc(Cn3cccn3)cc2)c1. The number of hydrogen-bond acceptors (Lipinski definition) is 3. The van der Waals surface area contributed by atoms with Crippen LogP contribution in [0.4, 0.5) is 15.8 Å². The summed E-state index contributed by atoms with van der Waals surface area (Å²) in [5.74, 6) is -1.29. The Balaban J connectivity index is 1.70. The molecular formula is C19H17FN4O2. The summed E-state index contributed by atoms with van der Waals surface area (Å²) in [5, 5.41) is 9.20. The molecule has 2 amide bonds. The molecule has 0 atom stereocenters. The molecule has 0 saturated heterocycles. The highest BCUT2D eigenvalue weighted by molar-refractivity contribution is 6.04. The number of benzene rings is 2. The average molecular weight is 352 g/mol. The Morgan fingerprint density at radius 3 is 2.54 bits per heavy atom. The lowest BCUT2D eigenvalue weighted by atomic mass is 10.1. The van der Waals surface area contributed by atoms with E-state index in [4.69, 9.17) is 0 Å². The first-order valence-corrected chi connectivity index (χ1v) is 7.96. The molecule has 1 aromatic heterocycles. The fraction of sp³-hybridized carbons (Fsp3) is 0.105. The van der Waals surface area contributed by atoms with Crippen LogP contribution in [0.3, 0.4) is 0 Å². The van der Waals surface area contributed by atoms with Gasteiger partial charge in [0.05, 0.1) is 12.2 Å². The maximum absolute atomic E-state index is 13.9.